The molecule has 15 aromatic rings. The molecule has 4 nitrogen and oxygen atoms in total. The zero-order valence-corrected chi connectivity index (χ0v) is 49.4. The largest absolute Gasteiger partial charge is 0.488 e. The van der Waals surface area contributed by atoms with Crippen LogP contribution in [-0.2, 0) is 0 Å². The summed E-state index contributed by atoms with van der Waals surface area (Å²) in [5.41, 5.74) is 12.1. The van der Waals surface area contributed by atoms with Gasteiger partial charge in [0, 0.05) is 43.1 Å². The predicted octanol–water partition coefficient (Wildman–Crippen LogP) is 21.5. The van der Waals surface area contributed by atoms with Gasteiger partial charge in [0.2, 0.25) is 0 Å². The molecule has 0 amide bonds. The van der Waals surface area contributed by atoms with Gasteiger partial charge in [-0.25, -0.2) is 0 Å². The Balaban J connectivity index is 0.000000145. The standard InChI is InChI=1S/C46H31N.C18H13Br2N.C14H11BO2/c1-2-10-40(11-3-1)47(41-26-22-32(23-27-41)38-20-18-36-16-14-34-8-4-6-12-43(34)45(36)30-38)42-28-24-33(25-29-42)39-21-19-37-17-15-35-9-5-7-13-44(35)46(37)31-39;19-14-6-10-17(11-7-14)21(16-4-2-1-3-5-16)18-12-8-15(20)9-13-18;16-15(17)12-8-7-11-6-5-10-3-1-2-4-13(10)14(11)9-12/h1-31H;1-13H;1-9,16-17H. The summed E-state index contributed by atoms with van der Waals surface area (Å²) in [6.07, 6.45) is 0. The topological polar surface area (TPSA) is 46.9 Å². The number of nitrogens with zero attached hydrogens (tertiary/aromatic N) is 2. The van der Waals surface area contributed by atoms with Gasteiger partial charge in [-0.05, 0) is 202 Å². The fourth-order valence-corrected chi connectivity index (χ4v) is 11.9. The van der Waals surface area contributed by atoms with Crippen LogP contribution in [0.25, 0.3) is 86.9 Å². The second kappa shape index (κ2) is 24.7. The van der Waals surface area contributed by atoms with Crippen LogP contribution in [0.1, 0.15) is 0 Å². The highest BCUT2D eigenvalue weighted by Crippen LogP contribution is 2.40. The van der Waals surface area contributed by atoms with Crippen molar-refractivity contribution in [3.63, 3.8) is 0 Å². The molecular formula is C78H55BBr2N2O2. The van der Waals surface area contributed by atoms with Crippen LogP contribution in [0.4, 0.5) is 34.1 Å². The van der Waals surface area contributed by atoms with Gasteiger partial charge in [0.05, 0.1) is 0 Å². The SMILES string of the molecule is Brc1ccc(N(c2ccccc2)c2ccc(Br)cc2)cc1.OB(O)c1ccc2ccc3ccccc3c2c1.c1ccc(N(c2ccc(-c3ccc4ccc5ccccc5c4c3)cc2)c2ccc(-c3ccc4ccc5ccccc5c4c3)cc2)cc1. The van der Waals surface area contributed by atoms with Gasteiger partial charge in [0.25, 0.3) is 0 Å². The summed E-state index contributed by atoms with van der Waals surface area (Å²) < 4.78 is 2.16. The highest BCUT2D eigenvalue weighted by Gasteiger charge is 2.16. The molecule has 0 fully saturated rings. The quantitative estimate of drug-likeness (QED) is 0.112. The fraction of sp³-hybridized carbons (Fsp3) is 0. The minimum absolute atomic E-state index is 0.522. The Hall–Kier alpha value is -9.60. The third-order valence-corrected chi connectivity index (χ3v) is 16.7. The van der Waals surface area contributed by atoms with Crippen molar-refractivity contribution in [1.82, 2.24) is 0 Å². The fourth-order valence-electron chi connectivity index (χ4n) is 11.4. The van der Waals surface area contributed by atoms with E-state index in [2.05, 4.69) is 315 Å². The van der Waals surface area contributed by atoms with Gasteiger partial charge < -0.3 is 19.8 Å². The average molecular weight is 1220 g/mol. The van der Waals surface area contributed by atoms with Gasteiger partial charge >= 0.3 is 7.12 Å². The summed E-state index contributed by atoms with van der Waals surface area (Å²) in [6, 6.07) is 113. The number of fused-ring (bicyclic) bond motifs is 9. The summed E-state index contributed by atoms with van der Waals surface area (Å²) in [5, 5.41) is 33.1. The van der Waals surface area contributed by atoms with Gasteiger partial charge in [-0.1, -0.05) is 244 Å². The molecule has 15 rings (SSSR count). The Labute approximate surface area is 512 Å². The molecule has 0 spiro atoms. The van der Waals surface area contributed by atoms with Gasteiger partial charge in [0.15, 0.2) is 0 Å². The average Bonchev–Trinajstić information content (AvgIpc) is 3.26. The van der Waals surface area contributed by atoms with E-state index in [1.165, 1.54) is 65.3 Å². The molecule has 7 heteroatoms. The van der Waals surface area contributed by atoms with E-state index in [0.717, 1.165) is 64.6 Å². The van der Waals surface area contributed by atoms with Crippen LogP contribution < -0.4 is 15.3 Å². The van der Waals surface area contributed by atoms with E-state index in [1.807, 2.05) is 42.5 Å². The monoisotopic (exact) mass is 1220 g/mol. The molecule has 2 N–H and O–H groups in total. The first-order chi connectivity index (χ1) is 41.8. The lowest BCUT2D eigenvalue weighted by Crippen LogP contribution is -2.29. The molecule has 85 heavy (non-hydrogen) atoms. The Bertz CT molecular complexity index is 4610. The molecule has 15 aromatic carbocycles. The molecule has 0 saturated heterocycles. The molecule has 0 aliphatic rings. The van der Waals surface area contributed by atoms with Crippen molar-refractivity contribution in [2.45, 2.75) is 0 Å². The first kappa shape index (κ1) is 54.6. The van der Waals surface area contributed by atoms with E-state index in [0.29, 0.717) is 5.46 Å². The van der Waals surface area contributed by atoms with E-state index in [1.54, 1.807) is 6.07 Å². The van der Waals surface area contributed by atoms with E-state index in [-0.39, 0.29) is 0 Å². The van der Waals surface area contributed by atoms with Crippen molar-refractivity contribution >= 4 is 143 Å². The molecule has 0 bridgehead atoms. The zero-order chi connectivity index (χ0) is 57.6. The molecule has 0 atom stereocenters. The van der Waals surface area contributed by atoms with Crippen molar-refractivity contribution in [3.05, 3.63) is 330 Å². The number of hydrogen-bond acceptors (Lipinski definition) is 4. The summed E-state index contributed by atoms with van der Waals surface area (Å²) in [4.78, 5) is 4.56. The van der Waals surface area contributed by atoms with Crippen LogP contribution in [0.15, 0.2) is 330 Å². The predicted molar refractivity (Wildman–Crippen MR) is 370 cm³/mol. The highest BCUT2D eigenvalue weighted by atomic mass is 79.9. The molecule has 0 saturated carbocycles. The van der Waals surface area contributed by atoms with Crippen molar-refractivity contribution in [1.29, 1.82) is 0 Å². The second-order valence-corrected chi connectivity index (χ2v) is 22.8. The van der Waals surface area contributed by atoms with Crippen LogP contribution in [-0.4, -0.2) is 17.2 Å². The number of benzene rings is 15. The Morgan fingerprint density at radius 1 is 0.224 bits per heavy atom. The zero-order valence-electron chi connectivity index (χ0n) is 46.2. The van der Waals surface area contributed by atoms with Crippen molar-refractivity contribution in [3.8, 4) is 22.3 Å². The summed E-state index contributed by atoms with van der Waals surface area (Å²) in [7, 11) is -1.42. The molecule has 0 radical (unpaired) electrons. The summed E-state index contributed by atoms with van der Waals surface area (Å²) in [6.45, 7) is 0. The van der Waals surface area contributed by atoms with E-state index in [4.69, 9.17) is 0 Å². The third kappa shape index (κ3) is 11.9. The molecule has 0 aromatic heterocycles. The minimum Gasteiger partial charge on any atom is -0.423 e. The molecule has 406 valence electrons. The Kier molecular flexibility index (Phi) is 15.9. The van der Waals surface area contributed by atoms with Crippen molar-refractivity contribution in [2.24, 2.45) is 0 Å². The summed E-state index contributed by atoms with van der Waals surface area (Å²) >= 11 is 6.98. The first-order valence-corrected chi connectivity index (χ1v) is 29.9. The maximum atomic E-state index is 9.21. The lowest BCUT2D eigenvalue weighted by Gasteiger charge is -2.26. The minimum atomic E-state index is -1.42. The smallest absolute Gasteiger partial charge is 0.423 e. The number of anilines is 6. The molecule has 0 aliphatic heterocycles. The van der Waals surface area contributed by atoms with Gasteiger partial charge in [0.1, 0.15) is 0 Å². The van der Waals surface area contributed by atoms with Gasteiger partial charge in [-0.3, -0.25) is 0 Å². The molecule has 0 unspecified atom stereocenters. The van der Waals surface area contributed by atoms with Gasteiger partial charge in [-0.2, -0.15) is 0 Å². The summed E-state index contributed by atoms with van der Waals surface area (Å²) in [5.74, 6) is 0. The maximum Gasteiger partial charge on any atom is 0.488 e. The van der Waals surface area contributed by atoms with Crippen LogP contribution >= 0.6 is 31.9 Å². The Morgan fingerprint density at radius 3 is 0.835 bits per heavy atom. The van der Waals surface area contributed by atoms with Crippen LogP contribution in [0, 0.1) is 0 Å². The first-order valence-electron chi connectivity index (χ1n) is 28.3. The normalized spacial score (nSPS) is 11.1. The lowest BCUT2D eigenvalue weighted by atomic mass is 9.79. The van der Waals surface area contributed by atoms with Crippen molar-refractivity contribution < 1.29 is 10.0 Å². The Morgan fingerprint density at radius 2 is 0.482 bits per heavy atom. The van der Waals surface area contributed by atoms with E-state index >= 15 is 0 Å². The van der Waals surface area contributed by atoms with E-state index in [9.17, 15) is 10.0 Å². The number of rotatable bonds is 9. The molecule has 0 aliphatic carbocycles. The maximum absolute atomic E-state index is 9.21. The molecular weight excluding hydrogens is 1170 g/mol. The van der Waals surface area contributed by atoms with Crippen molar-refractivity contribution in [2.75, 3.05) is 9.80 Å². The van der Waals surface area contributed by atoms with Crippen LogP contribution in [0.5, 0.6) is 0 Å². The van der Waals surface area contributed by atoms with Crippen LogP contribution in [0.3, 0.4) is 0 Å². The van der Waals surface area contributed by atoms with Crippen LogP contribution in [0.2, 0.25) is 0 Å². The number of hydrogen-bond donors (Lipinski definition) is 2. The highest BCUT2D eigenvalue weighted by molar-refractivity contribution is 9.10. The second-order valence-electron chi connectivity index (χ2n) is 21.0. The van der Waals surface area contributed by atoms with E-state index < -0.39 is 7.12 Å². The lowest BCUT2D eigenvalue weighted by molar-refractivity contribution is 0.426. The van der Waals surface area contributed by atoms with Gasteiger partial charge in [-0.15, -0.1) is 0 Å². The number of para-hydroxylation sites is 2. The third-order valence-electron chi connectivity index (χ3n) is 15.7. The molecule has 0 heterocycles. The number of halogens is 2.